The lowest BCUT2D eigenvalue weighted by atomic mass is 10.1. The first-order valence-corrected chi connectivity index (χ1v) is 9.06. The van der Waals surface area contributed by atoms with Crippen LogP contribution in [0.5, 0.6) is 5.75 Å². The van der Waals surface area contributed by atoms with Crippen LogP contribution in [-0.2, 0) is 6.54 Å². The number of hydrogen-bond acceptors (Lipinski definition) is 4. The zero-order valence-electron chi connectivity index (χ0n) is 14.0. The normalized spacial score (nSPS) is 11.2. The second-order valence-corrected chi connectivity index (χ2v) is 6.72. The van der Waals surface area contributed by atoms with Gasteiger partial charge in [0, 0.05) is 16.5 Å². The summed E-state index contributed by atoms with van der Waals surface area (Å²) in [4.78, 5) is 18.1. The van der Waals surface area contributed by atoms with Crippen LogP contribution in [0, 0.1) is 0 Å². The van der Waals surface area contributed by atoms with E-state index in [1.54, 1.807) is 18.2 Å². The maximum absolute atomic E-state index is 13.1. The number of ether oxygens (including phenoxy) is 1. The monoisotopic (exact) mass is 384 g/mol. The van der Waals surface area contributed by atoms with Crippen LogP contribution in [0.3, 0.4) is 0 Å². The van der Waals surface area contributed by atoms with Crippen molar-refractivity contribution in [3.8, 4) is 16.9 Å². The van der Waals surface area contributed by atoms with Crippen molar-refractivity contribution in [1.82, 2.24) is 9.55 Å². The van der Waals surface area contributed by atoms with E-state index in [0.717, 1.165) is 11.1 Å². The highest BCUT2D eigenvalue weighted by molar-refractivity contribution is 7.17. The number of aromatic nitrogens is 2. The first kappa shape index (κ1) is 17.4. The van der Waals surface area contributed by atoms with Gasteiger partial charge in [-0.25, -0.2) is 4.98 Å². The minimum Gasteiger partial charge on any atom is -0.434 e. The molecule has 0 aliphatic heterocycles. The average molecular weight is 384 g/mol. The molecule has 0 aliphatic rings. The predicted molar refractivity (Wildman–Crippen MR) is 101 cm³/mol. The molecule has 0 amide bonds. The van der Waals surface area contributed by atoms with E-state index in [-0.39, 0.29) is 17.9 Å². The van der Waals surface area contributed by atoms with E-state index in [2.05, 4.69) is 9.72 Å². The molecule has 7 heteroatoms. The van der Waals surface area contributed by atoms with Gasteiger partial charge >= 0.3 is 6.61 Å². The lowest BCUT2D eigenvalue weighted by molar-refractivity contribution is -0.0504. The maximum Gasteiger partial charge on any atom is 0.387 e. The van der Waals surface area contributed by atoms with Crippen molar-refractivity contribution >= 4 is 21.6 Å². The molecule has 0 saturated carbocycles. The topological polar surface area (TPSA) is 44.1 Å². The molecule has 0 spiro atoms. The number of halogens is 2. The standard InChI is InChI=1S/C20H14F2N2O2S/c21-20(22)26-16-9-5-4-8-14(16)10-24-12-23-18-17(19(24)25)15(11-27-18)13-6-2-1-3-7-13/h1-9,11-12,20H,10H2. The van der Waals surface area contributed by atoms with E-state index < -0.39 is 6.61 Å². The summed E-state index contributed by atoms with van der Waals surface area (Å²) in [6.07, 6.45) is 1.44. The van der Waals surface area contributed by atoms with Gasteiger partial charge in [-0.3, -0.25) is 9.36 Å². The Morgan fingerprint density at radius 3 is 2.59 bits per heavy atom. The van der Waals surface area contributed by atoms with Gasteiger partial charge in [0.1, 0.15) is 10.6 Å². The fraction of sp³-hybridized carbons (Fsp3) is 0.100. The summed E-state index contributed by atoms with van der Waals surface area (Å²) in [5.74, 6) is 0.0492. The van der Waals surface area contributed by atoms with Crippen molar-refractivity contribution in [2.45, 2.75) is 13.2 Å². The Bertz CT molecular complexity index is 1140. The zero-order chi connectivity index (χ0) is 18.8. The first-order valence-electron chi connectivity index (χ1n) is 8.18. The Labute approximate surface area is 157 Å². The second kappa shape index (κ2) is 7.28. The molecule has 4 aromatic rings. The molecule has 0 N–H and O–H groups in total. The third-order valence-corrected chi connectivity index (χ3v) is 5.06. The molecule has 0 bridgehead atoms. The van der Waals surface area contributed by atoms with Crippen LogP contribution in [0.2, 0.25) is 0 Å². The van der Waals surface area contributed by atoms with E-state index in [1.165, 1.54) is 28.3 Å². The van der Waals surface area contributed by atoms with Crippen molar-refractivity contribution in [2.24, 2.45) is 0 Å². The van der Waals surface area contributed by atoms with Crippen LogP contribution in [-0.4, -0.2) is 16.2 Å². The molecule has 0 unspecified atom stereocenters. The smallest absolute Gasteiger partial charge is 0.387 e. The van der Waals surface area contributed by atoms with Crippen molar-refractivity contribution in [1.29, 1.82) is 0 Å². The van der Waals surface area contributed by atoms with Crippen molar-refractivity contribution < 1.29 is 13.5 Å². The fourth-order valence-corrected chi connectivity index (χ4v) is 3.85. The molecule has 4 nitrogen and oxygen atoms in total. The van der Waals surface area contributed by atoms with E-state index in [4.69, 9.17) is 0 Å². The van der Waals surface area contributed by atoms with Gasteiger partial charge in [-0.05, 0) is 11.6 Å². The lowest BCUT2D eigenvalue weighted by Crippen LogP contribution is -2.21. The minimum atomic E-state index is -2.93. The third-order valence-electron chi connectivity index (χ3n) is 4.17. The number of para-hydroxylation sites is 1. The molecule has 0 aliphatic carbocycles. The summed E-state index contributed by atoms with van der Waals surface area (Å²) in [5, 5.41) is 2.44. The van der Waals surface area contributed by atoms with Gasteiger partial charge in [-0.2, -0.15) is 8.78 Å². The molecular formula is C20H14F2N2O2S. The molecule has 0 fully saturated rings. The molecule has 0 saturated heterocycles. The Balaban J connectivity index is 1.79. The Morgan fingerprint density at radius 1 is 1.07 bits per heavy atom. The molecule has 2 aromatic heterocycles. The molecule has 27 heavy (non-hydrogen) atoms. The average Bonchev–Trinajstić information content (AvgIpc) is 3.11. The number of rotatable bonds is 5. The molecular weight excluding hydrogens is 370 g/mol. The summed E-state index contributed by atoms with van der Waals surface area (Å²) >= 11 is 1.40. The Kier molecular flexibility index (Phi) is 4.68. The highest BCUT2D eigenvalue weighted by Crippen LogP contribution is 2.30. The number of nitrogens with zero attached hydrogens (tertiary/aromatic N) is 2. The number of alkyl halides is 2. The van der Waals surface area contributed by atoms with Crippen LogP contribution >= 0.6 is 11.3 Å². The van der Waals surface area contributed by atoms with Gasteiger partial charge in [0.25, 0.3) is 5.56 Å². The van der Waals surface area contributed by atoms with Crippen molar-refractivity contribution in [2.75, 3.05) is 0 Å². The van der Waals surface area contributed by atoms with Crippen LogP contribution in [0.15, 0.2) is 71.1 Å². The van der Waals surface area contributed by atoms with Gasteiger partial charge in [0.2, 0.25) is 0 Å². The predicted octanol–water partition coefficient (Wildman–Crippen LogP) is 4.77. The van der Waals surface area contributed by atoms with Gasteiger partial charge in [0.05, 0.1) is 18.3 Å². The Hall–Kier alpha value is -3.06. The van der Waals surface area contributed by atoms with Crippen molar-refractivity contribution in [3.63, 3.8) is 0 Å². The summed E-state index contributed by atoms with van der Waals surface area (Å²) in [6, 6.07) is 16.0. The van der Waals surface area contributed by atoms with Crippen molar-refractivity contribution in [3.05, 3.63) is 82.2 Å². The van der Waals surface area contributed by atoms with Gasteiger partial charge in [-0.1, -0.05) is 48.5 Å². The van der Waals surface area contributed by atoms with Crippen LogP contribution < -0.4 is 10.3 Å². The summed E-state index contributed by atoms with van der Waals surface area (Å²) in [6.45, 7) is -2.83. The molecule has 4 rings (SSSR count). The van der Waals surface area contributed by atoms with Gasteiger partial charge in [-0.15, -0.1) is 11.3 Å². The largest absolute Gasteiger partial charge is 0.434 e. The van der Waals surface area contributed by atoms with Crippen LogP contribution in [0.1, 0.15) is 5.56 Å². The third kappa shape index (κ3) is 3.46. The molecule has 0 radical (unpaired) electrons. The first-order chi connectivity index (χ1) is 13.1. The number of thiophene rings is 1. The zero-order valence-corrected chi connectivity index (χ0v) is 14.8. The van der Waals surface area contributed by atoms with E-state index in [9.17, 15) is 13.6 Å². The SMILES string of the molecule is O=c1c2c(-c3ccccc3)csc2ncn1Cc1ccccc1OC(F)F. The van der Waals surface area contributed by atoms with E-state index in [1.807, 2.05) is 35.7 Å². The Morgan fingerprint density at radius 2 is 1.81 bits per heavy atom. The van der Waals surface area contributed by atoms with E-state index in [0.29, 0.717) is 15.8 Å². The van der Waals surface area contributed by atoms with Crippen LogP contribution in [0.25, 0.3) is 21.3 Å². The minimum absolute atomic E-state index is 0.0492. The lowest BCUT2D eigenvalue weighted by Gasteiger charge is -2.12. The fourth-order valence-electron chi connectivity index (χ4n) is 2.94. The number of benzene rings is 2. The quantitative estimate of drug-likeness (QED) is 0.498. The highest BCUT2D eigenvalue weighted by atomic mass is 32.1. The van der Waals surface area contributed by atoms with Gasteiger partial charge in [0.15, 0.2) is 0 Å². The van der Waals surface area contributed by atoms with Crippen LogP contribution in [0.4, 0.5) is 8.78 Å². The molecule has 2 aromatic carbocycles. The molecule has 2 heterocycles. The summed E-state index contributed by atoms with van der Waals surface area (Å²) in [7, 11) is 0. The van der Waals surface area contributed by atoms with Gasteiger partial charge < -0.3 is 4.74 Å². The maximum atomic E-state index is 13.1. The highest BCUT2D eigenvalue weighted by Gasteiger charge is 2.15. The van der Waals surface area contributed by atoms with E-state index >= 15 is 0 Å². The summed E-state index contributed by atoms with van der Waals surface area (Å²) in [5.41, 5.74) is 2.02. The number of fused-ring (bicyclic) bond motifs is 1. The summed E-state index contributed by atoms with van der Waals surface area (Å²) < 4.78 is 31.2. The number of hydrogen-bond donors (Lipinski definition) is 0. The second-order valence-electron chi connectivity index (χ2n) is 5.86. The molecule has 0 atom stereocenters. The molecule has 136 valence electrons.